The molecule has 4 nitrogen and oxygen atoms in total. The molecule has 0 spiro atoms. The fourth-order valence-electron chi connectivity index (χ4n) is 2.82. The summed E-state index contributed by atoms with van der Waals surface area (Å²) in [6, 6.07) is 7.99. The fraction of sp³-hybridized carbons (Fsp3) is 0.500. The molecule has 0 saturated carbocycles. The number of benzene rings is 1. The minimum Gasteiger partial charge on any atom is -0.369 e. The number of carbonyl (C=O) groups is 1. The molecule has 1 amide bonds. The Morgan fingerprint density at radius 2 is 1.79 bits per heavy atom. The van der Waals surface area contributed by atoms with Crippen LogP contribution in [0, 0.1) is 0 Å². The first-order chi connectivity index (χ1) is 9.22. The van der Waals surface area contributed by atoms with Crippen molar-refractivity contribution >= 4 is 23.2 Å². The van der Waals surface area contributed by atoms with Crippen LogP contribution in [0.3, 0.4) is 0 Å². The number of hydrogen-bond acceptors (Lipinski definition) is 3. The third kappa shape index (κ3) is 2.85. The van der Waals surface area contributed by atoms with Gasteiger partial charge in [0.1, 0.15) is 0 Å². The first-order valence-corrected chi connectivity index (χ1v) is 7.14. The molecule has 1 N–H and O–H groups in total. The second kappa shape index (κ2) is 5.39. The predicted molar refractivity (Wildman–Crippen MR) is 76.4 cm³/mol. The number of nitrogens with zero attached hydrogens (tertiary/aromatic N) is 2. The zero-order valence-corrected chi connectivity index (χ0v) is 11.6. The Balaban J connectivity index is 1.57. The van der Waals surface area contributed by atoms with Gasteiger partial charge in [-0.3, -0.25) is 9.69 Å². The number of halogens is 1. The molecule has 1 unspecified atom stereocenters. The summed E-state index contributed by atoms with van der Waals surface area (Å²) >= 11 is 5.91. The van der Waals surface area contributed by atoms with Crippen LogP contribution in [0.15, 0.2) is 24.3 Å². The summed E-state index contributed by atoms with van der Waals surface area (Å²) in [7, 11) is 0. The molecule has 1 aromatic carbocycles. The largest absolute Gasteiger partial charge is 0.369 e. The molecule has 2 heterocycles. The van der Waals surface area contributed by atoms with Crippen molar-refractivity contribution in [3.63, 3.8) is 0 Å². The van der Waals surface area contributed by atoms with E-state index in [-0.39, 0.29) is 12.1 Å². The van der Waals surface area contributed by atoms with Crippen molar-refractivity contribution in [1.29, 1.82) is 0 Å². The van der Waals surface area contributed by atoms with Crippen LogP contribution in [0.25, 0.3) is 0 Å². The highest BCUT2D eigenvalue weighted by Gasteiger charge is 2.29. The third-order valence-electron chi connectivity index (χ3n) is 3.92. The minimum absolute atomic E-state index is 0.185. The van der Waals surface area contributed by atoms with Gasteiger partial charge in [-0.2, -0.15) is 0 Å². The standard InChI is InChI=1S/C14H18ClN3O/c15-11-1-3-12(4-2-11)17-7-9-18(10-8-17)13-5-6-14(19)16-13/h1-4,13H,5-10H2,(H,16,19). The van der Waals surface area contributed by atoms with Gasteiger partial charge in [-0.05, 0) is 30.7 Å². The van der Waals surface area contributed by atoms with Gasteiger partial charge >= 0.3 is 0 Å². The average molecular weight is 280 g/mol. The van der Waals surface area contributed by atoms with Gasteiger partial charge in [-0.25, -0.2) is 0 Å². The van der Waals surface area contributed by atoms with E-state index in [9.17, 15) is 4.79 Å². The van der Waals surface area contributed by atoms with Gasteiger partial charge in [0.15, 0.2) is 0 Å². The van der Waals surface area contributed by atoms with Gasteiger partial charge in [0, 0.05) is 43.3 Å². The van der Waals surface area contributed by atoms with E-state index in [1.807, 2.05) is 12.1 Å². The van der Waals surface area contributed by atoms with Crippen molar-refractivity contribution in [3.8, 4) is 0 Å². The maximum atomic E-state index is 11.3. The molecule has 19 heavy (non-hydrogen) atoms. The highest BCUT2D eigenvalue weighted by atomic mass is 35.5. The quantitative estimate of drug-likeness (QED) is 0.895. The summed E-state index contributed by atoms with van der Waals surface area (Å²) in [6.07, 6.45) is 1.86. The lowest BCUT2D eigenvalue weighted by molar-refractivity contribution is -0.119. The Bertz CT molecular complexity index is 454. The zero-order chi connectivity index (χ0) is 13.2. The number of rotatable bonds is 2. The van der Waals surface area contributed by atoms with Crippen molar-refractivity contribution in [2.45, 2.75) is 19.0 Å². The van der Waals surface area contributed by atoms with Crippen LogP contribution in [0.5, 0.6) is 0 Å². The lowest BCUT2D eigenvalue weighted by Gasteiger charge is -2.38. The van der Waals surface area contributed by atoms with E-state index in [0.29, 0.717) is 6.42 Å². The van der Waals surface area contributed by atoms with E-state index in [2.05, 4.69) is 27.2 Å². The van der Waals surface area contributed by atoms with Crippen molar-refractivity contribution in [2.24, 2.45) is 0 Å². The van der Waals surface area contributed by atoms with E-state index in [0.717, 1.165) is 37.6 Å². The van der Waals surface area contributed by atoms with Crippen molar-refractivity contribution in [1.82, 2.24) is 10.2 Å². The first kappa shape index (κ1) is 12.8. The monoisotopic (exact) mass is 279 g/mol. The maximum absolute atomic E-state index is 11.3. The van der Waals surface area contributed by atoms with Crippen LogP contribution in [0.1, 0.15) is 12.8 Å². The second-order valence-electron chi connectivity index (χ2n) is 5.12. The summed E-state index contributed by atoms with van der Waals surface area (Å²) in [6.45, 7) is 3.98. The summed E-state index contributed by atoms with van der Waals surface area (Å²) in [5.74, 6) is 0.185. The SMILES string of the molecule is O=C1CCC(N2CCN(c3ccc(Cl)cc3)CC2)N1. The third-order valence-corrected chi connectivity index (χ3v) is 4.17. The van der Waals surface area contributed by atoms with Crippen LogP contribution < -0.4 is 10.2 Å². The van der Waals surface area contributed by atoms with Crippen molar-refractivity contribution < 1.29 is 4.79 Å². The molecule has 1 atom stereocenters. The molecule has 102 valence electrons. The molecule has 2 saturated heterocycles. The Morgan fingerprint density at radius 1 is 1.11 bits per heavy atom. The molecule has 2 aliphatic rings. The molecule has 1 aromatic rings. The fourth-order valence-corrected chi connectivity index (χ4v) is 2.94. The molecule has 0 radical (unpaired) electrons. The van der Waals surface area contributed by atoms with Gasteiger partial charge in [-0.1, -0.05) is 11.6 Å². The molecule has 3 rings (SSSR count). The molecular formula is C14H18ClN3O. The average Bonchev–Trinajstić information content (AvgIpc) is 2.87. The smallest absolute Gasteiger partial charge is 0.221 e. The number of carbonyl (C=O) groups excluding carboxylic acids is 1. The van der Waals surface area contributed by atoms with Crippen LogP contribution in [0.2, 0.25) is 5.02 Å². The normalized spacial score (nSPS) is 24.6. The van der Waals surface area contributed by atoms with Crippen LogP contribution in [-0.2, 0) is 4.79 Å². The Labute approximate surface area is 118 Å². The molecule has 2 fully saturated rings. The second-order valence-corrected chi connectivity index (χ2v) is 5.56. The summed E-state index contributed by atoms with van der Waals surface area (Å²) in [5.41, 5.74) is 1.22. The van der Waals surface area contributed by atoms with Crippen molar-refractivity contribution in [3.05, 3.63) is 29.3 Å². The number of hydrogen-bond donors (Lipinski definition) is 1. The number of amides is 1. The van der Waals surface area contributed by atoms with E-state index in [1.54, 1.807) is 0 Å². The maximum Gasteiger partial charge on any atom is 0.221 e. The van der Waals surface area contributed by atoms with Gasteiger partial charge in [0.2, 0.25) is 5.91 Å². The van der Waals surface area contributed by atoms with E-state index in [1.165, 1.54) is 5.69 Å². The van der Waals surface area contributed by atoms with Gasteiger partial charge in [0.05, 0.1) is 6.17 Å². The van der Waals surface area contributed by atoms with Crippen LogP contribution >= 0.6 is 11.6 Å². The number of anilines is 1. The number of piperazine rings is 1. The predicted octanol–water partition coefficient (Wildman–Crippen LogP) is 1.70. The van der Waals surface area contributed by atoms with Gasteiger partial charge in [0.25, 0.3) is 0 Å². The first-order valence-electron chi connectivity index (χ1n) is 6.76. The molecule has 0 aromatic heterocycles. The zero-order valence-electron chi connectivity index (χ0n) is 10.8. The number of nitrogens with one attached hydrogen (secondary N) is 1. The van der Waals surface area contributed by atoms with Crippen molar-refractivity contribution in [2.75, 3.05) is 31.1 Å². The summed E-state index contributed by atoms with van der Waals surface area (Å²) in [4.78, 5) is 16.0. The Hall–Kier alpha value is -1.26. The lowest BCUT2D eigenvalue weighted by Crippen LogP contribution is -2.53. The highest BCUT2D eigenvalue weighted by Crippen LogP contribution is 2.21. The molecule has 0 aliphatic carbocycles. The van der Waals surface area contributed by atoms with Gasteiger partial charge in [-0.15, -0.1) is 0 Å². The van der Waals surface area contributed by atoms with E-state index < -0.39 is 0 Å². The van der Waals surface area contributed by atoms with Gasteiger partial charge < -0.3 is 10.2 Å². The van der Waals surface area contributed by atoms with E-state index in [4.69, 9.17) is 11.6 Å². The lowest BCUT2D eigenvalue weighted by atomic mass is 10.2. The Kier molecular flexibility index (Phi) is 3.62. The van der Waals surface area contributed by atoms with Crippen LogP contribution in [-0.4, -0.2) is 43.2 Å². The Morgan fingerprint density at radius 3 is 2.37 bits per heavy atom. The molecular weight excluding hydrogens is 262 g/mol. The molecule has 2 aliphatic heterocycles. The summed E-state index contributed by atoms with van der Waals surface area (Å²) in [5, 5.41) is 3.81. The molecule has 0 bridgehead atoms. The highest BCUT2D eigenvalue weighted by molar-refractivity contribution is 6.30. The minimum atomic E-state index is 0.185. The topological polar surface area (TPSA) is 35.6 Å². The van der Waals surface area contributed by atoms with E-state index >= 15 is 0 Å². The van der Waals surface area contributed by atoms with Crippen LogP contribution in [0.4, 0.5) is 5.69 Å². The molecule has 5 heteroatoms. The summed E-state index contributed by atoms with van der Waals surface area (Å²) < 4.78 is 0.